The Hall–Kier alpha value is -1.61. The number of hydrogen-bond acceptors (Lipinski definition) is 2. The van der Waals surface area contributed by atoms with Gasteiger partial charge in [0.15, 0.2) is 0 Å². The largest absolute Gasteiger partial charge is 0.385 e. The Labute approximate surface area is 139 Å². The van der Waals surface area contributed by atoms with E-state index in [2.05, 4.69) is 11.5 Å². The van der Waals surface area contributed by atoms with Crippen LogP contribution in [-0.4, -0.2) is 28.0 Å². The van der Waals surface area contributed by atoms with Gasteiger partial charge in [-0.2, -0.15) is 0 Å². The molecule has 0 spiro atoms. The highest BCUT2D eigenvalue weighted by atomic mass is 16.3. The third-order valence-corrected chi connectivity index (χ3v) is 5.41. The second-order valence-corrected chi connectivity index (χ2v) is 7.50. The minimum atomic E-state index is -0.790. The molecule has 0 aliphatic carbocycles. The van der Waals surface area contributed by atoms with Crippen molar-refractivity contribution in [2.24, 2.45) is 5.92 Å². The number of benzene rings is 1. The standard InChI is InChI=1S/C20H27NO2/c1-14(2)11-15(3)19(22)21-17-9-10-18(21)13-20(23,12-17)16-7-5-4-6-8-16/h4-8,15,17-18,23H,1,9-13H2,2-3H3/t15-,17-,18-/m0/s1. The molecule has 124 valence electrons. The predicted molar refractivity (Wildman–Crippen MR) is 91.8 cm³/mol. The fourth-order valence-corrected chi connectivity index (χ4v) is 4.43. The molecule has 1 N–H and O–H groups in total. The van der Waals surface area contributed by atoms with E-state index in [1.165, 1.54) is 0 Å². The molecule has 2 fully saturated rings. The van der Waals surface area contributed by atoms with Crippen LogP contribution in [0.1, 0.15) is 51.5 Å². The molecule has 3 rings (SSSR count). The third-order valence-electron chi connectivity index (χ3n) is 5.41. The van der Waals surface area contributed by atoms with Gasteiger partial charge in [-0.3, -0.25) is 4.79 Å². The van der Waals surface area contributed by atoms with Gasteiger partial charge in [-0.15, -0.1) is 6.58 Å². The van der Waals surface area contributed by atoms with Crippen LogP contribution in [0.5, 0.6) is 0 Å². The van der Waals surface area contributed by atoms with Crippen molar-refractivity contribution in [1.29, 1.82) is 0 Å². The Morgan fingerprint density at radius 2 is 1.87 bits per heavy atom. The Kier molecular flexibility index (Phi) is 4.33. The fourth-order valence-electron chi connectivity index (χ4n) is 4.43. The summed E-state index contributed by atoms with van der Waals surface area (Å²) >= 11 is 0. The highest BCUT2D eigenvalue weighted by Gasteiger charge is 2.50. The van der Waals surface area contributed by atoms with Crippen molar-refractivity contribution in [3.05, 3.63) is 48.0 Å². The van der Waals surface area contributed by atoms with Crippen LogP contribution >= 0.6 is 0 Å². The lowest BCUT2D eigenvalue weighted by atomic mass is 9.80. The molecule has 2 heterocycles. The molecule has 2 bridgehead atoms. The second kappa shape index (κ2) is 6.12. The molecule has 0 aromatic heterocycles. The molecule has 1 aromatic rings. The lowest BCUT2D eigenvalue weighted by Crippen LogP contribution is -2.53. The van der Waals surface area contributed by atoms with Crippen LogP contribution in [0.2, 0.25) is 0 Å². The van der Waals surface area contributed by atoms with Crippen molar-refractivity contribution in [2.45, 2.75) is 63.6 Å². The first-order chi connectivity index (χ1) is 10.9. The van der Waals surface area contributed by atoms with Crippen LogP contribution in [-0.2, 0) is 10.4 Å². The van der Waals surface area contributed by atoms with E-state index in [0.717, 1.165) is 30.4 Å². The summed E-state index contributed by atoms with van der Waals surface area (Å²) in [5.74, 6) is 0.217. The second-order valence-electron chi connectivity index (χ2n) is 7.50. The van der Waals surface area contributed by atoms with Gasteiger partial charge in [0.25, 0.3) is 0 Å². The van der Waals surface area contributed by atoms with E-state index in [0.29, 0.717) is 12.8 Å². The molecule has 3 atom stereocenters. The number of nitrogens with zero attached hydrogens (tertiary/aromatic N) is 1. The third kappa shape index (κ3) is 3.07. The highest BCUT2D eigenvalue weighted by molar-refractivity contribution is 5.80. The molecular formula is C20H27NO2. The normalized spacial score (nSPS) is 31.0. The number of aliphatic hydroxyl groups is 1. The quantitative estimate of drug-likeness (QED) is 0.862. The van der Waals surface area contributed by atoms with Crippen molar-refractivity contribution < 1.29 is 9.90 Å². The zero-order valence-corrected chi connectivity index (χ0v) is 14.2. The number of fused-ring (bicyclic) bond motifs is 2. The molecule has 23 heavy (non-hydrogen) atoms. The summed E-state index contributed by atoms with van der Waals surface area (Å²) in [4.78, 5) is 14.9. The smallest absolute Gasteiger partial charge is 0.226 e. The van der Waals surface area contributed by atoms with Gasteiger partial charge < -0.3 is 10.0 Å². The number of rotatable bonds is 4. The molecule has 2 saturated heterocycles. The molecule has 2 aliphatic rings. The summed E-state index contributed by atoms with van der Waals surface area (Å²) < 4.78 is 0. The number of allylic oxidation sites excluding steroid dienone is 1. The summed E-state index contributed by atoms with van der Waals surface area (Å²) in [6, 6.07) is 10.3. The Morgan fingerprint density at radius 1 is 1.30 bits per heavy atom. The average Bonchev–Trinajstić information content (AvgIpc) is 2.79. The van der Waals surface area contributed by atoms with Gasteiger partial charge in [-0.25, -0.2) is 0 Å². The summed E-state index contributed by atoms with van der Waals surface area (Å²) in [6.45, 7) is 7.90. The van der Waals surface area contributed by atoms with Gasteiger partial charge in [-0.05, 0) is 31.7 Å². The van der Waals surface area contributed by atoms with Crippen LogP contribution in [0.15, 0.2) is 42.5 Å². The predicted octanol–water partition coefficient (Wildman–Crippen LogP) is 3.63. The molecule has 0 unspecified atom stereocenters. The lowest BCUT2D eigenvalue weighted by molar-refractivity contribution is -0.145. The molecule has 3 heteroatoms. The van der Waals surface area contributed by atoms with Gasteiger partial charge in [0.2, 0.25) is 5.91 Å². The van der Waals surface area contributed by atoms with E-state index in [1.54, 1.807) is 0 Å². The van der Waals surface area contributed by atoms with Crippen LogP contribution in [0, 0.1) is 5.92 Å². The molecule has 0 saturated carbocycles. The van der Waals surface area contributed by atoms with Crippen molar-refractivity contribution in [3.8, 4) is 0 Å². The molecule has 3 nitrogen and oxygen atoms in total. The van der Waals surface area contributed by atoms with Crippen LogP contribution in [0.3, 0.4) is 0 Å². The summed E-state index contributed by atoms with van der Waals surface area (Å²) in [5, 5.41) is 11.2. The van der Waals surface area contributed by atoms with Gasteiger partial charge in [0, 0.05) is 30.8 Å². The van der Waals surface area contributed by atoms with Crippen LogP contribution in [0.4, 0.5) is 0 Å². The first-order valence-corrected chi connectivity index (χ1v) is 8.65. The van der Waals surface area contributed by atoms with E-state index >= 15 is 0 Å². The Bertz CT molecular complexity index is 581. The van der Waals surface area contributed by atoms with E-state index < -0.39 is 5.60 Å². The van der Waals surface area contributed by atoms with E-state index in [9.17, 15) is 9.90 Å². The zero-order valence-electron chi connectivity index (χ0n) is 14.2. The van der Waals surface area contributed by atoms with E-state index in [-0.39, 0.29) is 23.9 Å². The molecule has 1 amide bonds. The van der Waals surface area contributed by atoms with Gasteiger partial charge in [0.05, 0.1) is 5.60 Å². The summed E-state index contributed by atoms with van der Waals surface area (Å²) in [7, 11) is 0. The van der Waals surface area contributed by atoms with Gasteiger partial charge in [-0.1, -0.05) is 42.8 Å². The topological polar surface area (TPSA) is 40.5 Å². The van der Waals surface area contributed by atoms with Crippen LogP contribution < -0.4 is 0 Å². The van der Waals surface area contributed by atoms with Crippen LogP contribution in [0.25, 0.3) is 0 Å². The Balaban J connectivity index is 1.77. The molecule has 0 radical (unpaired) electrons. The number of hydrogen-bond donors (Lipinski definition) is 1. The average molecular weight is 313 g/mol. The molecular weight excluding hydrogens is 286 g/mol. The number of carbonyl (C=O) groups is 1. The van der Waals surface area contributed by atoms with Crippen molar-refractivity contribution in [3.63, 3.8) is 0 Å². The Morgan fingerprint density at radius 3 is 2.39 bits per heavy atom. The lowest BCUT2D eigenvalue weighted by Gasteiger charge is -2.45. The maximum atomic E-state index is 12.8. The zero-order chi connectivity index (χ0) is 16.6. The number of carbonyl (C=O) groups excluding carboxylic acids is 1. The maximum absolute atomic E-state index is 12.8. The minimum Gasteiger partial charge on any atom is -0.385 e. The first-order valence-electron chi connectivity index (χ1n) is 8.65. The molecule has 2 aliphatic heterocycles. The van der Waals surface area contributed by atoms with Gasteiger partial charge >= 0.3 is 0 Å². The van der Waals surface area contributed by atoms with E-state index in [4.69, 9.17) is 0 Å². The number of piperidine rings is 1. The number of amides is 1. The SMILES string of the molecule is C=C(C)C[C@H](C)C(=O)N1[C@H]2CC[C@H]1CC(O)(c1ccccc1)C2. The van der Waals surface area contributed by atoms with Crippen molar-refractivity contribution in [1.82, 2.24) is 4.90 Å². The van der Waals surface area contributed by atoms with E-state index in [1.807, 2.05) is 44.2 Å². The fraction of sp³-hybridized carbons (Fsp3) is 0.550. The summed E-state index contributed by atoms with van der Waals surface area (Å²) in [5.41, 5.74) is 1.25. The molecule has 1 aromatic carbocycles. The minimum absolute atomic E-state index is 0.0153. The van der Waals surface area contributed by atoms with Gasteiger partial charge in [0.1, 0.15) is 0 Å². The monoisotopic (exact) mass is 313 g/mol. The maximum Gasteiger partial charge on any atom is 0.226 e. The van der Waals surface area contributed by atoms with Crippen molar-refractivity contribution in [2.75, 3.05) is 0 Å². The van der Waals surface area contributed by atoms with Crippen molar-refractivity contribution >= 4 is 5.91 Å². The first kappa shape index (κ1) is 16.3. The highest BCUT2D eigenvalue weighted by Crippen LogP contribution is 2.46. The summed E-state index contributed by atoms with van der Waals surface area (Å²) in [6.07, 6.45) is 4.06.